The van der Waals surface area contributed by atoms with Crippen LogP contribution in [0.15, 0.2) is 102 Å². The second-order valence-corrected chi connectivity index (χ2v) is 11.2. The fraction of sp³-hybridized carbons (Fsp3) is 0.229. The molecule has 0 saturated carbocycles. The van der Waals surface area contributed by atoms with Crippen molar-refractivity contribution in [3.8, 4) is 11.1 Å². The minimum atomic E-state index is 0. The molecule has 0 bridgehead atoms. The van der Waals surface area contributed by atoms with Crippen molar-refractivity contribution in [2.24, 2.45) is 11.3 Å². The largest absolute Gasteiger partial charge is 0.179 e. The Balaban J connectivity index is 0.000000196. The Kier molecular flexibility index (Phi) is 12.2. The SMILES string of the molecule is CC1=[C-]C(C)C=C1C(C)(C)C.[Cl-].[Cl-].[Zr+2]=[CH]c1cccc2ccccc12.[c-]1cccc2c1Cc1ccccc1-2. The topological polar surface area (TPSA) is 0 Å². The molecule has 0 fully saturated rings. The van der Waals surface area contributed by atoms with E-state index in [1.165, 1.54) is 74.0 Å². The summed E-state index contributed by atoms with van der Waals surface area (Å²) in [5.41, 5.74) is 9.96. The Labute approximate surface area is 256 Å². The summed E-state index contributed by atoms with van der Waals surface area (Å²) in [4.78, 5) is 0. The first-order valence-corrected chi connectivity index (χ1v) is 14.1. The molecule has 4 aromatic carbocycles. The summed E-state index contributed by atoms with van der Waals surface area (Å²) in [5.74, 6) is 0.518. The van der Waals surface area contributed by atoms with Gasteiger partial charge in [-0.2, -0.15) is 41.5 Å². The molecule has 0 radical (unpaired) electrons. The van der Waals surface area contributed by atoms with Crippen molar-refractivity contribution in [3.05, 3.63) is 131 Å². The van der Waals surface area contributed by atoms with Gasteiger partial charge in [0.1, 0.15) is 0 Å². The van der Waals surface area contributed by atoms with Crippen molar-refractivity contribution in [1.29, 1.82) is 0 Å². The van der Waals surface area contributed by atoms with Crippen molar-refractivity contribution in [1.82, 2.24) is 0 Å². The predicted molar refractivity (Wildman–Crippen MR) is 152 cm³/mol. The maximum Gasteiger partial charge on any atom is -0.0253 e. The molecule has 0 spiro atoms. The van der Waals surface area contributed by atoms with Crippen molar-refractivity contribution < 1.29 is 49.0 Å². The van der Waals surface area contributed by atoms with E-state index in [-0.39, 0.29) is 24.8 Å². The first-order valence-electron chi connectivity index (χ1n) is 12.7. The van der Waals surface area contributed by atoms with Crippen LogP contribution in [0.3, 0.4) is 0 Å². The quantitative estimate of drug-likeness (QED) is 0.254. The predicted octanol–water partition coefficient (Wildman–Crippen LogP) is 2.96. The van der Waals surface area contributed by atoms with Crippen LogP contribution in [0.25, 0.3) is 21.9 Å². The summed E-state index contributed by atoms with van der Waals surface area (Å²) < 4.78 is 2.23. The number of benzene rings is 4. The van der Waals surface area contributed by atoms with Crippen molar-refractivity contribution in [2.75, 3.05) is 0 Å². The second kappa shape index (κ2) is 14.4. The molecule has 0 N–H and O–H groups in total. The van der Waals surface area contributed by atoms with Gasteiger partial charge in [0.15, 0.2) is 0 Å². The number of hydrogen-bond acceptors (Lipinski definition) is 0. The van der Waals surface area contributed by atoms with Gasteiger partial charge >= 0.3 is 86.7 Å². The fourth-order valence-electron chi connectivity index (χ4n) is 5.02. The first-order chi connectivity index (χ1) is 17.3. The molecule has 2 aliphatic carbocycles. The van der Waals surface area contributed by atoms with Crippen LogP contribution < -0.4 is 24.8 Å². The standard InChI is InChI=1S/C13H9.C11H8.C11H17.2ClH.Zr/c1-3-7-12-10(5-1)9-11-6-2-4-8-13(11)12;1-9-5-4-7-10-6-2-3-8-11(9)10;1-8-6-9(2)10(7-8)11(3,4)5;;;/h1-5,7-8H,9H2;1-8H;7-8H,1-5H3;2*1H;/q-1;;-1;;;+2/p-2. The Morgan fingerprint density at radius 2 is 1.50 bits per heavy atom. The van der Waals surface area contributed by atoms with Crippen LogP contribution in [-0.4, -0.2) is 3.71 Å². The van der Waals surface area contributed by atoms with Gasteiger partial charge in [0.05, 0.1) is 0 Å². The van der Waals surface area contributed by atoms with E-state index in [0.29, 0.717) is 11.3 Å². The van der Waals surface area contributed by atoms with Gasteiger partial charge < -0.3 is 24.8 Å². The Morgan fingerprint density at radius 1 is 0.842 bits per heavy atom. The third-order valence-corrected chi connectivity index (χ3v) is 7.43. The molecule has 2 aliphatic rings. The van der Waals surface area contributed by atoms with Gasteiger partial charge in [-0.3, -0.25) is 6.08 Å². The van der Waals surface area contributed by atoms with E-state index in [4.69, 9.17) is 0 Å². The number of halogens is 2. The summed E-state index contributed by atoms with van der Waals surface area (Å²) in [6, 6.07) is 33.0. The van der Waals surface area contributed by atoms with Crippen LogP contribution in [0.5, 0.6) is 0 Å². The molecular formula is C35H34Cl2Zr-2. The summed E-state index contributed by atoms with van der Waals surface area (Å²) in [7, 11) is 0. The molecule has 0 aliphatic heterocycles. The molecule has 194 valence electrons. The maximum atomic E-state index is 3.40. The van der Waals surface area contributed by atoms with Gasteiger partial charge in [0.25, 0.3) is 0 Å². The van der Waals surface area contributed by atoms with Crippen molar-refractivity contribution >= 4 is 14.5 Å². The van der Waals surface area contributed by atoms with Gasteiger partial charge in [-0.15, -0.1) is 5.56 Å². The smallest absolute Gasteiger partial charge is 0.0253 e. The first kappa shape index (κ1) is 32.2. The molecule has 1 atom stereocenters. The molecule has 0 heterocycles. The molecule has 4 aromatic rings. The summed E-state index contributed by atoms with van der Waals surface area (Å²) in [6.07, 6.45) is 6.76. The zero-order valence-corrected chi connectivity index (χ0v) is 26.7. The average molecular weight is 617 g/mol. The van der Waals surface area contributed by atoms with E-state index in [1.54, 1.807) is 0 Å². The number of hydrogen-bond donors (Lipinski definition) is 0. The summed E-state index contributed by atoms with van der Waals surface area (Å²) >= 11 is 1.46. The molecule has 3 heteroatoms. The Morgan fingerprint density at radius 3 is 2.16 bits per heavy atom. The van der Waals surface area contributed by atoms with Gasteiger partial charge in [0.2, 0.25) is 0 Å². The van der Waals surface area contributed by atoms with Crippen molar-refractivity contribution in [3.63, 3.8) is 0 Å². The van der Waals surface area contributed by atoms with E-state index >= 15 is 0 Å². The molecule has 0 saturated heterocycles. The maximum absolute atomic E-state index is 3.40. The van der Waals surface area contributed by atoms with E-state index in [0.717, 1.165) is 6.42 Å². The molecule has 38 heavy (non-hydrogen) atoms. The average Bonchev–Trinajstić information content (AvgIpc) is 3.43. The van der Waals surface area contributed by atoms with Crippen LogP contribution in [-0.2, 0) is 30.7 Å². The van der Waals surface area contributed by atoms with Gasteiger partial charge in [-0.05, 0) is 6.42 Å². The van der Waals surface area contributed by atoms with Crippen LogP contribution >= 0.6 is 0 Å². The number of rotatable bonds is 1. The van der Waals surface area contributed by atoms with Crippen LogP contribution in [0.4, 0.5) is 0 Å². The molecule has 0 aromatic heterocycles. The van der Waals surface area contributed by atoms with Crippen LogP contribution in [0.2, 0.25) is 0 Å². The summed E-state index contributed by atoms with van der Waals surface area (Å²) in [6.45, 7) is 11.1. The van der Waals surface area contributed by atoms with E-state index in [1.807, 2.05) is 6.07 Å². The third-order valence-electron chi connectivity index (χ3n) is 6.67. The normalized spacial score (nSPS) is 14.7. The molecule has 1 unspecified atom stereocenters. The van der Waals surface area contributed by atoms with Gasteiger partial charge in [0, 0.05) is 0 Å². The molecule has 0 amide bonds. The number of fused-ring (bicyclic) bond motifs is 4. The second-order valence-electron chi connectivity index (χ2n) is 10.5. The minimum absolute atomic E-state index is 0. The fourth-order valence-corrected chi connectivity index (χ4v) is 5.64. The number of allylic oxidation sites excluding steroid dienone is 4. The monoisotopic (exact) mass is 614 g/mol. The zero-order valence-electron chi connectivity index (χ0n) is 22.8. The zero-order chi connectivity index (χ0) is 25.7. The molecule has 0 nitrogen and oxygen atoms in total. The van der Waals surface area contributed by atoms with Crippen LogP contribution in [0, 0.1) is 23.5 Å². The molecular weight excluding hydrogens is 583 g/mol. The van der Waals surface area contributed by atoms with E-state index in [2.05, 4.69) is 135 Å². The van der Waals surface area contributed by atoms with Crippen molar-refractivity contribution in [2.45, 2.75) is 41.0 Å². The Bertz CT molecular complexity index is 1390. The van der Waals surface area contributed by atoms with E-state index < -0.39 is 0 Å². The molecule has 6 rings (SSSR count). The third kappa shape index (κ3) is 7.75. The Hall–Kier alpha value is -2.05. The van der Waals surface area contributed by atoms with Gasteiger partial charge in [-0.1, -0.05) is 81.3 Å². The summed E-state index contributed by atoms with van der Waals surface area (Å²) in [5, 5.41) is 2.69. The van der Waals surface area contributed by atoms with Crippen LogP contribution in [0.1, 0.15) is 51.3 Å². The minimum Gasteiger partial charge on any atom is -0.179 e. The van der Waals surface area contributed by atoms with E-state index in [9.17, 15) is 0 Å². The van der Waals surface area contributed by atoms with Gasteiger partial charge in [-0.25, -0.2) is 5.57 Å².